The van der Waals surface area contributed by atoms with Crippen molar-refractivity contribution in [2.45, 2.75) is 76.9 Å². The summed E-state index contributed by atoms with van der Waals surface area (Å²) in [6.45, 7) is 7.23. The Balaban J connectivity index is 1.70. The number of unbranched alkanes of at least 4 members (excludes halogenated alkanes) is 2. The Labute approximate surface area is 164 Å². The molecule has 2 saturated heterocycles. The molecule has 0 aromatic rings. The molecule has 0 aromatic heterocycles. The fourth-order valence-electron chi connectivity index (χ4n) is 4.18. The van der Waals surface area contributed by atoms with Crippen LogP contribution in [-0.2, 0) is 19.1 Å². The van der Waals surface area contributed by atoms with E-state index < -0.39 is 0 Å². The molecule has 0 N–H and O–H groups in total. The van der Waals surface area contributed by atoms with Crippen LogP contribution < -0.4 is 0 Å². The minimum Gasteiger partial charge on any atom is -0.461 e. The van der Waals surface area contributed by atoms with Gasteiger partial charge in [0, 0.05) is 32.7 Å². The third-order valence-electron chi connectivity index (χ3n) is 5.74. The van der Waals surface area contributed by atoms with Gasteiger partial charge in [-0.1, -0.05) is 6.42 Å². The molecule has 2 aliphatic rings. The van der Waals surface area contributed by atoms with Gasteiger partial charge in [0.25, 0.3) is 0 Å². The number of esters is 1. The van der Waals surface area contributed by atoms with Gasteiger partial charge in [-0.05, 0) is 65.1 Å². The van der Waals surface area contributed by atoms with E-state index in [4.69, 9.17) is 9.47 Å². The lowest BCUT2D eigenvalue weighted by Crippen LogP contribution is -2.49. The summed E-state index contributed by atoms with van der Waals surface area (Å²) >= 11 is 0. The second-order valence-electron chi connectivity index (χ2n) is 8.10. The molecule has 2 rings (SSSR count). The quantitative estimate of drug-likeness (QED) is 0.382. The highest BCUT2D eigenvalue weighted by Gasteiger charge is 2.30. The first kappa shape index (κ1) is 22.3. The van der Waals surface area contributed by atoms with Crippen LogP contribution in [0.15, 0.2) is 0 Å². The minimum absolute atomic E-state index is 0.00130. The molecular formula is C21H38N2O4. The van der Waals surface area contributed by atoms with Crippen molar-refractivity contribution in [2.75, 3.05) is 46.4 Å². The van der Waals surface area contributed by atoms with Crippen LogP contribution in [0.3, 0.4) is 0 Å². The summed E-state index contributed by atoms with van der Waals surface area (Å²) < 4.78 is 11.2. The molecule has 0 spiro atoms. The molecule has 0 saturated carbocycles. The summed E-state index contributed by atoms with van der Waals surface area (Å²) in [5, 5.41) is 0. The molecule has 6 nitrogen and oxygen atoms in total. The van der Waals surface area contributed by atoms with Crippen molar-refractivity contribution in [1.82, 2.24) is 9.80 Å². The average Bonchev–Trinajstić information content (AvgIpc) is 3.15. The molecule has 27 heavy (non-hydrogen) atoms. The van der Waals surface area contributed by atoms with Crippen LogP contribution in [0.5, 0.6) is 0 Å². The first-order valence-corrected chi connectivity index (χ1v) is 10.7. The van der Waals surface area contributed by atoms with Gasteiger partial charge in [0.2, 0.25) is 0 Å². The highest BCUT2D eigenvalue weighted by Crippen LogP contribution is 2.21. The molecule has 0 aliphatic carbocycles. The summed E-state index contributed by atoms with van der Waals surface area (Å²) in [5.74, 6) is 0.213. The van der Waals surface area contributed by atoms with E-state index in [1.54, 1.807) is 14.0 Å². The fourth-order valence-corrected chi connectivity index (χ4v) is 4.18. The molecule has 0 radical (unpaired) electrons. The topological polar surface area (TPSA) is 59.1 Å². The van der Waals surface area contributed by atoms with Gasteiger partial charge in [-0.3, -0.25) is 9.69 Å². The van der Waals surface area contributed by atoms with Gasteiger partial charge in [-0.15, -0.1) is 0 Å². The summed E-state index contributed by atoms with van der Waals surface area (Å²) in [6, 6.07) is 0.405. The molecule has 0 bridgehead atoms. The Kier molecular flexibility index (Phi) is 10.3. The predicted molar refractivity (Wildman–Crippen MR) is 106 cm³/mol. The zero-order valence-electron chi connectivity index (χ0n) is 17.3. The highest BCUT2D eigenvalue weighted by molar-refractivity contribution is 5.75. The van der Waals surface area contributed by atoms with Crippen molar-refractivity contribution in [2.24, 2.45) is 0 Å². The number of Topliss-reactive ketones (excluding diaryl/α,β-unsaturated/α-hetero) is 1. The smallest absolute Gasteiger partial charge is 0.307 e. The molecule has 0 amide bonds. The van der Waals surface area contributed by atoms with E-state index in [1.165, 1.54) is 12.8 Å². The van der Waals surface area contributed by atoms with Crippen LogP contribution in [0, 0.1) is 0 Å². The molecule has 2 heterocycles. The molecular weight excluding hydrogens is 344 g/mol. The van der Waals surface area contributed by atoms with Crippen LogP contribution in [0.1, 0.15) is 64.7 Å². The lowest BCUT2D eigenvalue weighted by Gasteiger charge is -2.39. The largest absolute Gasteiger partial charge is 0.461 e. The Morgan fingerprint density at radius 3 is 2.48 bits per heavy atom. The predicted octanol–water partition coefficient (Wildman–Crippen LogP) is 2.64. The van der Waals surface area contributed by atoms with Crippen LogP contribution in [0.4, 0.5) is 0 Å². The van der Waals surface area contributed by atoms with Crippen molar-refractivity contribution < 1.29 is 19.1 Å². The Hall–Kier alpha value is -0.980. The van der Waals surface area contributed by atoms with E-state index in [0.29, 0.717) is 18.9 Å². The summed E-state index contributed by atoms with van der Waals surface area (Å²) in [4.78, 5) is 28.0. The average molecular weight is 383 g/mol. The minimum atomic E-state index is -0.0569. The number of carbonyl (C=O) groups excluding carboxylic acids is 2. The Morgan fingerprint density at radius 2 is 1.78 bits per heavy atom. The van der Waals surface area contributed by atoms with Crippen molar-refractivity contribution in [3.05, 3.63) is 0 Å². The van der Waals surface area contributed by atoms with Crippen molar-refractivity contribution in [3.63, 3.8) is 0 Å². The number of ether oxygens (including phenoxy) is 2. The second-order valence-corrected chi connectivity index (χ2v) is 8.10. The van der Waals surface area contributed by atoms with Gasteiger partial charge >= 0.3 is 5.97 Å². The number of methoxy groups -OCH3 is 1. The molecule has 156 valence electrons. The van der Waals surface area contributed by atoms with Crippen LogP contribution in [0.2, 0.25) is 0 Å². The zero-order chi connectivity index (χ0) is 19.5. The van der Waals surface area contributed by atoms with E-state index in [1.807, 2.05) is 0 Å². The Morgan fingerprint density at radius 1 is 1.00 bits per heavy atom. The molecule has 0 unspecified atom stereocenters. The van der Waals surface area contributed by atoms with E-state index in [-0.39, 0.29) is 17.9 Å². The van der Waals surface area contributed by atoms with E-state index in [2.05, 4.69) is 9.80 Å². The molecule has 2 atom stereocenters. The van der Waals surface area contributed by atoms with Gasteiger partial charge in [0.05, 0.1) is 13.0 Å². The molecule has 0 aromatic carbocycles. The lowest BCUT2D eigenvalue weighted by molar-refractivity contribution is -0.153. The number of likely N-dealkylation sites (tertiary alicyclic amines) is 2. The van der Waals surface area contributed by atoms with Crippen LogP contribution in [0.25, 0.3) is 0 Å². The second kappa shape index (κ2) is 12.5. The van der Waals surface area contributed by atoms with E-state index >= 15 is 0 Å². The maximum atomic E-state index is 12.2. The van der Waals surface area contributed by atoms with Gasteiger partial charge < -0.3 is 19.2 Å². The molecule has 6 heteroatoms. The van der Waals surface area contributed by atoms with Gasteiger partial charge in [-0.2, -0.15) is 0 Å². The summed E-state index contributed by atoms with van der Waals surface area (Å²) in [5.41, 5.74) is 0. The SMILES string of the molecule is COC[C@@H]1CC[C@H](OC(=O)CCN2CCCC2)CN1CCCCCC(C)=O. The Bertz CT molecular complexity index is 451. The number of carbonyl (C=O) groups is 2. The third-order valence-corrected chi connectivity index (χ3v) is 5.74. The normalized spacial score (nSPS) is 24.2. The van der Waals surface area contributed by atoms with Crippen LogP contribution in [-0.4, -0.2) is 80.1 Å². The number of rotatable bonds is 12. The number of hydrogen-bond acceptors (Lipinski definition) is 6. The van der Waals surface area contributed by atoms with Crippen molar-refractivity contribution in [1.29, 1.82) is 0 Å². The first-order valence-electron chi connectivity index (χ1n) is 10.7. The van der Waals surface area contributed by atoms with Crippen molar-refractivity contribution in [3.8, 4) is 0 Å². The van der Waals surface area contributed by atoms with Crippen LogP contribution >= 0.6 is 0 Å². The summed E-state index contributed by atoms with van der Waals surface area (Å²) in [7, 11) is 1.75. The molecule has 2 aliphatic heterocycles. The number of nitrogens with zero attached hydrogens (tertiary/aromatic N) is 2. The highest BCUT2D eigenvalue weighted by atomic mass is 16.5. The zero-order valence-corrected chi connectivity index (χ0v) is 17.3. The van der Waals surface area contributed by atoms with E-state index in [9.17, 15) is 9.59 Å². The third kappa shape index (κ3) is 8.71. The number of ketones is 1. The van der Waals surface area contributed by atoms with Crippen molar-refractivity contribution >= 4 is 11.8 Å². The van der Waals surface area contributed by atoms with Gasteiger partial charge in [0.1, 0.15) is 11.9 Å². The van der Waals surface area contributed by atoms with Gasteiger partial charge in [-0.25, -0.2) is 0 Å². The fraction of sp³-hybridized carbons (Fsp3) is 0.905. The maximum Gasteiger partial charge on any atom is 0.307 e. The number of hydrogen-bond donors (Lipinski definition) is 0. The van der Waals surface area contributed by atoms with E-state index in [0.717, 1.165) is 71.4 Å². The molecule has 2 fully saturated rings. The lowest BCUT2D eigenvalue weighted by atomic mass is 9.99. The maximum absolute atomic E-state index is 12.2. The standard InChI is InChI=1S/C21H38N2O4/c1-18(24)8-4-3-5-14-23-16-20(10-9-19(23)17-26-2)27-21(25)11-15-22-12-6-7-13-22/h19-20H,3-17H2,1-2H3/t19-,20-/m0/s1. The monoisotopic (exact) mass is 382 g/mol. The number of piperidine rings is 1. The van der Waals surface area contributed by atoms with Gasteiger partial charge in [0.15, 0.2) is 0 Å². The first-order chi connectivity index (χ1) is 13.1. The summed E-state index contributed by atoms with van der Waals surface area (Å²) in [6.07, 6.45) is 8.71.